The number of ether oxygens (including phenoxy) is 1. The van der Waals surface area contributed by atoms with Gasteiger partial charge in [0.2, 0.25) is 5.91 Å². The van der Waals surface area contributed by atoms with Crippen molar-refractivity contribution < 1.29 is 9.53 Å². The van der Waals surface area contributed by atoms with Crippen molar-refractivity contribution in [2.75, 3.05) is 20.2 Å². The van der Waals surface area contributed by atoms with E-state index in [1.54, 1.807) is 0 Å². The Labute approximate surface area is 92.0 Å². The van der Waals surface area contributed by atoms with Crippen molar-refractivity contribution in [2.45, 2.75) is 45.4 Å². The Hall–Kier alpha value is -0.610. The van der Waals surface area contributed by atoms with Crippen LogP contribution < -0.4 is 5.32 Å². The Morgan fingerprint density at radius 2 is 2.33 bits per heavy atom. The van der Waals surface area contributed by atoms with Crippen molar-refractivity contribution in [1.29, 1.82) is 0 Å². The lowest BCUT2D eigenvalue weighted by Gasteiger charge is -2.39. The summed E-state index contributed by atoms with van der Waals surface area (Å²) in [5.74, 6) is 0.180. The van der Waals surface area contributed by atoms with Gasteiger partial charge in [0.15, 0.2) is 0 Å². The fourth-order valence-electron chi connectivity index (χ4n) is 1.82. The molecule has 0 aromatic carbocycles. The number of carbonyl (C=O) groups is 1. The van der Waals surface area contributed by atoms with Gasteiger partial charge in [-0.05, 0) is 27.3 Å². The number of hydrogen-bond donors (Lipinski definition) is 1. The van der Waals surface area contributed by atoms with Crippen LogP contribution in [0.1, 0.15) is 27.2 Å². The Balaban J connectivity index is 2.66. The van der Waals surface area contributed by atoms with Gasteiger partial charge in [0.05, 0.1) is 24.8 Å². The fourth-order valence-corrected chi connectivity index (χ4v) is 1.82. The van der Waals surface area contributed by atoms with Crippen LogP contribution >= 0.6 is 0 Å². The SMILES string of the molecule is CCC1COC(C)CN1C(=O)C(C)NC. The largest absolute Gasteiger partial charge is 0.375 e. The summed E-state index contributed by atoms with van der Waals surface area (Å²) in [6.45, 7) is 7.38. The zero-order valence-corrected chi connectivity index (χ0v) is 10.1. The Morgan fingerprint density at radius 3 is 2.87 bits per heavy atom. The number of hydrogen-bond acceptors (Lipinski definition) is 3. The van der Waals surface area contributed by atoms with Gasteiger partial charge >= 0.3 is 0 Å². The minimum atomic E-state index is -0.107. The first-order valence-electron chi connectivity index (χ1n) is 5.69. The molecule has 1 amide bonds. The van der Waals surface area contributed by atoms with Crippen LogP contribution in [-0.2, 0) is 9.53 Å². The standard InChI is InChI=1S/C11H22N2O2/c1-5-10-7-15-8(2)6-13(10)11(14)9(3)12-4/h8-10,12H,5-7H2,1-4H3. The molecule has 0 saturated carbocycles. The highest BCUT2D eigenvalue weighted by molar-refractivity contribution is 5.81. The molecule has 1 rings (SSSR count). The van der Waals surface area contributed by atoms with Crippen LogP contribution in [-0.4, -0.2) is 49.2 Å². The van der Waals surface area contributed by atoms with E-state index in [0.717, 1.165) is 6.42 Å². The average molecular weight is 214 g/mol. The third kappa shape index (κ3) is 2.92. The fraction of sp³-hybridized carbons (Fsp3) is 0.909. The third-order valence-electron chi connectivity index (χ3n) is 3.03. The van der Waals surface area contributed by atoms with Crippen LogP contribution in [0, 0.1) is 0 Å². The van der Waals surface area contributed by atoms with Crippen LogP contribution in [0.4, 0.5) is 0 Å². The molecule has 1 heterocycles. The summed E-state index contributed by atoms with van der Waals surface area (Å²) in [6, 6.07) is 0.133. The summed E-state index contributed by atoms with van der Waals surface area (Å²) in [7, 11) is 1.81. The average Bonchev–Trinajstić information content (AvgIpc) is 2.27. The Bertz CT molecular complexity index is 221. The molecule has 0 aromatic heterocycles. The second-order valence-corrected chi connectivity index (χ2v) is 4.21. The minimum Gasteiger partial charge on any atom is -0.375 e. The summed E-state index contributed by atoms with van der Waals surface area (Å²) in [5, 5.41) is 2.99. The molecule has 3 atom stereocenters. The summed E-state index contributed by atoms with van der Waals surface area (Å²) in [5.41, 5.74) is 0. The lowest BCUT2D eigenvalue weighted by Crippen LogP contribution is -2.55. The number of likely N-dealkylation sites (N-methyl/N-ethyl adjacent to an activating group) is 1. The maximum atomic E-state index is 12.1. The lowest BCUT2D eigenvalue weighted by atomic mass is 10.1. The van der Waals surface area contributed by atoms with Crippen LogP contribution in [0.5, 0.6) is 0 Å². The number of morpholine rings is 1. The van der Waals surface area contributed by atoms with Gasteiger partial charge in [-0.3, -0.25) is 4.79 Å². The van der Waals surface area contributed by atoms with Gasteiger partial charge in [-0.15, -0.1) is 0 Å². The second kappa shape index (κ2) is 5.47. The molecule has 4 nitrogen and oxygen atoms in total. The van der Waals surface area contributed by atoms with Crippen LogP contribution in [0.2, 0.25) is 0 Å². The first kappa shape index (κ1) is 12.5. The number of rotatable bonds is 3. The smallest absolute Gasteiger partial charge is 0.239 e. The molecule has 0 spiro atoms. The molecular weight excluding hydrogens is 192 g/mol. The molecule has 3 unspecified atom stereocenters. The summed E-state index contributed by atoms with van der Waals surface area (Å²) in [6.07, 6.45) is 1.11. The van der Waals surface area contributed by atoms with Gasteiger partial charge < -0.3 is 15.0 Å². The van der Waals surface area contributed by atoms with Gasteiger partial charge in [-0.1, -0.05) is 6.92 Å². The van der Waals surface area contributed by atoms with Gasteiger partial charge in [0, 0.05) is 6.54 Å². The molecule has 0 radical (unpaired) electrons. The van der Waals surface area contributed by atoms with Crippen molar-refractivity contribution in [1.82, 2.24) is 10.2 Å². The van der Waals surface area contributed by atoms with Crippen LogP contribution in [0.25, 0.3) is 0 Å². The highest BCUT2D eigenvalue weighted by atomic mass is 16.5. The monoisotopic (exact) mass is 214 g/mol. The first-order valence-corrected chi connectivity index (χ1v) is 5.69. The summed E-state index contributed by atoms with van der Waals surface area (Å²) < 4.78 is 5.56. The molecule has 88 valence electrons. The quantitative estimate of drug-likeness (QED) is 0.749. The predicted octanol–water partition coefficient (Wildman–Crippen LogP) is 0.620. The number of nitrogens with zero attached hydrogens (tertiary/aromatic N) is 1. The zero-order valence-electron chi connectivity index (χ0n) is 10.1. The van der Waals surface area contributed by atoms with E-state index in [4.69, 9.17) is 4.74 Å². The van der Waals surface area contributed by atoms with Crippen molar-refractivity contribution in [3.63, 3.8) is 0 Å². The van der Waals surface area contributed by atoms with Crippen molar-refractivity contribution in [2.24, 2.45) is 0 Å². The summed E-state index contributed by atoms with van der Waals surface area (Å²) >= 11 is 0. The van der Waals surface area contributed by atoms with E-state index in [1.165, 1.54) is 0 Å². The van der Waals surface area contributed by atoms with Crippen molar-refractivity contribution in [3.05, 3.63) is 0 Å². The maximum absolute atomic E-state index is 12.1. The normalized spacial score (nSPS) is 28.9. The first-order chi connectivity index (χ1) is 7.10. The molecular formula is C11H22N2O2. The highest BCUT2D eigenvalue weighted by Gasteiger charge is 2.31. The third-order valence-corrected chi connectivity index (χ3v) is 3.03. The van der Waals surface area contributed by atoms with E-state index < -0.39 is 0 Å². The van der Waals surface area contributed by atoms with Gasteiger partial charge in [-0.25, -0.2) is 0 Å². The number of amides is 1. The van der Waals surface area contributed by atoms with E-state index in [-0.39, 0.29) is 24.1 Å². The molecule has 15 heavy (non-hydrogen) atoms. The molecule has 0 aromatic rings. The molecule has 1 aliphatic heterocycles. The molecule has 0 bridgehead atoms. The van der Waals surface area contributed by atoms with Crippen LogP contribution in [0.3, 0.4) is 0 Å². The molecule has 1 fully saturated rings. The van der Waals surface area contributed by atoms with Gasteiger partial charge in [0.1, 0.15) is 0 Å². The molecule has 4 heteroatoms. The number of carbonyl (C=O) groups excluding carboxylic acids is 1. The number of nitrogens with one attached hydrogen (secondary N) is 1. The Morgan fingerprint density at radius 1 is 1.67 bits per heavy atom. The second-order valence-electron chi connectivity index (χ2n) is 4.21. The predicted molar refractivity (Wildman–Crippen MR) is 59.7 cm³/mol. The summed E-state index contributed by atoms with van der Waals surface area (Å²) in [4.78, 5) is 14.0. The van der Waals surface area contributed by atoms with Crippen molar-refractivity contribution >= 4 is 5.91 Å². The van der Waals surface area contributed by atoms with E-state index in [1.807, 2.05) is 25.8 Å². The topological polar surface area (TPSA) is 41.6 Å². The lowest BCUT2D eigenvalue weighted by molar-refractivity contribution is -0.146. The Kier molecular flexibility index (Phi) is 4.54. The van der Waals surface area contributed by atoms with Gasteiger partial charge in [0.25, 0.3) is 0 Å². The maximum Gasteiger partial charge on any atom is 0.239 e. The van der Waals surface area contributed by atoms with E-state index in [9.17, 15) is 4.79 Å². The van der Waals surface area contributed by atoms with E-state index >= 15 is 0 Å². The molecule has 0 aliphatic carbocycles. The molecule has 1 N–H and O–H groups in total. The van der Waals surface area contributed by atoms with E-state index in [2.05, 4.69) is 12.2 Å². The van der Waals surface area contributed by atoms with E-state index in [0.29, 0.717) is 13.2 Å². The van der Waals surface area contributed by atoms with Gasteiger partial charge in [-0.2, -0.15) is 0 Å². The molecule has 1 saturated heterocycles. The highest BCUT2D eigenvalue weighted by Crippen LogP contribution is 2.15. The van der Waals surface area contributed by atoms with Crippen LogP contribution in [0.15, 0.2) is 0 Å². The molecule has 1 aliphatic rings. The minimum absolute atomic E-state index is 0.107. The van der Waals surface area contributed by atoms with Crippen molar-refractivity contribution in [3.8, 4) is 0 Å². The zero-order chi connectivity index (χ0) is 11.4.